The van der Waals surface area contributed by atoms with Gasteiger partial charge in [0.15, 0.2) is 9.84 Å². The van der Waals surface area contributed by atoms with Gasteiger partial charge in [-0.2, -0.15) is 5.26 Å². The van der Waals surface area contributed by atoms with Crippen molar-refractivity contribution < 1.29 is 8.42 Å². The van der Waals surface area contributed by atoms with E-state index in [0.29, 0.717) is 12.8 Å². The van der Waals surface area contributed by atoms with E-state index in [1.165, 1.54) is 6.08 Å². The van der Waals surface area contributed by atoms with Crippen LogP contribution in [0.3, 0.4) is 0 Å². The monoisotopic (exact) mass is 171 g/mol. The van der Waals surface area contributed by atoms with Gasteiger partial charge < -0.3 is 0 Å². The minimum Gasteiger partial charge on any atom is -0.229 e. The first-order chi connectivity index (χ1) is 5.14. The minimum atomic E-state index is -2.78. The summed E-state index contributed by atoms with van der Waals surface area (Å²) in [6.07, 6.45) is 2.53. The van der Waals surface area contributed by atoms with Crippen LogP contribution in [0.2, 0.25) is 0 Å². The molecule has 0 amide bonds. The van der Waals surface area contributed by atoms with E-state index in [1.54, 1.807) is 0 Å². The maximum absolute atomic E-state index is 10.9. The van der Waals surface area contributed by atoms with Gasteiger partial charge in [-0.15, -0.1) is 0 Å². The average molecular weight is 171 g/mol. The van der Waals surface area contributed by atoms with Gasteiger partial charge >= 0.3 is 0 Å². The molecule has 60 valence electrons. The van der Waals surface area contributed by atoms with Crippen LogP contribution in [0.15, 0.2) is 11.6 Å². The van der Waals surface area contributed by atoms with E-state index < -0.39 is 9.84 Å². The molecule has 4 heteroatoms. The standard InChI is InChI=1S/C7H9NO2S/c8-4-1-7-2-5-11(9,10)6-3-7/h1H,2-3,5-6H2. The van der Waals surface area contributed by atoms with Crippen molar-refractivity contribution in [3.63, 3.8) is 0 Å². The molecule has 1 aliphatic rings. The van der Waals surface area contributed by atoms with Crippen LogP contribution in [-0.4, -0.2) is 19.9 Å². The average Bonchev–Trinajstić information content (AvgIpc) is 1.94. The van der Waals surface area contributed by atoms with Crippen LogP contribution < -0.4 is 0 Å². The summed E-state index contributed by atoms with van der Waals surface area (Å²) in [7, 11) is -2.78. The topological polar surface area (TPSA) is 57.9 Å². The van der Waals surface area contributed by atoms with Crippen LogP contribution in [0, 0.1) is 11.3 Å². The number of rotatable bonds is 0. The van der Waals surface area contributed by atoms with Crippen LogP contribution >= 0.6 is 0 Å². The molecule has 1 rings (SSSR count). The second kappa shape index (κ2) is 3.05. The second-order valence-corrected chi connectivity index (χ2v) is 4.89. The Morgan fingerprint density at radius 3 is 2.36 bits per heavy atom. The third-order valence-corrected chi connectivity index (χ3v) is 3.39. The summed E-state index contributed by atoms with van der Waals surface area (Å²) in [5.41, 5.74) is 0.960. The molecule has 11 heavy (non-hydrogen) atoms. The molecule has 0 aromatic heterocycles. The molecule has 3 nitrogen and oxygen atoms in total. The Bertz CT molecular complexity index is 292. The lowest BCUT2D eigenvalue weighted by Gasteiger charge is -2.12. The Hall–Kier alpha value is -0.820. The molecule has 1 aliphatic heterocycles. The molecular weight excluding hydrogens is 162 g/mol. The molecule has 1 heterocycles. The summed E-state index contributed by atoms with van der Waals surface area (Å²) in [4.78, 5) is 0. The smallest absolute Gasteiger partial charge is 0.150 e. The lowest BCUT2D eigenvalue weighted by Crippen LogP contribution is -2.17. The fraction of sp³-hybridized carbons (Fsp3) is 0.571. The second-order valence-electron chi connectivity index (χ2n) is 2.58. The van der Waals surface area contributed by atoms with Crippen LogP contribution in [0.4, 0.5) is 0 Å². The van der Waals surface area contributed by atoms with Gasteiger partial charge in [-0.05, 0) is 12.8 Å². The van der Waals surface area contributed by atoms with E-state index in [9.17, 15) is 8.42 Å². The number of allylic oxidation sites excluding steroid dienone is 2. The molecule has 0 radical (unpaired) electrons. The van der Waals surface area contributed by atoms with Crippen LogP contribution in [0.1, 0.15) is 12.8 Å². The predicted octanol–water partition coefficient (Wildman–Crippen LogP) is 0.645. The highest BCUT2D eigenvalue weighted by atomic mass is 32.2. The van der Waals surface area contributed by atoms with Crippen molar-refractivity contribution in [1.82, 2.24) is 0 Å². The van der Waals surface area contributed by atoms with E-state index in [4.69, 9.17) is 5.26 Å². The molecular formula is C7H9NO2S. The largest absolute Gasteiger partial charge is 0.229 e. The Morgan fingerprint density at radius 1 is 1.36 bits per heavy atom. The van der Waals surface area contributed by atoms with Crippen molar-refractivity contribution in [3.8, 4) is 6.07 Å². The first kappa shape index (κ1) is 8.28. The number of hydrogen-bond donors (Lipinski definition) is 0. The predicted molar refractivity (Wildman–Crippen MR) is 41.6 cm³/mol. The Labute approximate surface area is 66.3 Å². The number of nitrogens with zero attached hydrogens (tertiary/aromatic N) is 1. The molecule has 0 aromatic rings. The summed E-state index contributed by atoms with van der Waals surface area (Å²) >= 11 is 0. The van der Waals surface area contributed by atoms with Crippen molar-refractivity contribution in [2.45, 2.75) is 12.8 Å². The molecule has 1 saturated heterocycles. The molecule has 0 N–H and O–H groups in total. The van der Waals surface area contributed by atoms with Gasteiger partial charge in [0.2, 0.25) is 0 Å². The third-order valence-electron chi connectivity index (χ3n) is 1.74. The maximum atomic E-state index is 10.9. The van der Waals surface area contributed by atoms with Gasteiger partial charge in [0.05, 0.1) is 17.6 Å². The summed E-state index contributed by atoms with van der Waals surface area (Å²) < 4.78 is 21.8. The molecule has 1 fully saturated rings. The highest BCUT2D eigenvalue weighted by Gasteiger charge is 2.18. The first-order valence-corrected chi connectivity index (χ1v) is 5.24. The summed E-state index contributed by atoms with van der Waals surface area (Å²) in [6, 6.07) is 1.91. The van der Waals surface area contributed by atoms with Gasteiger partial charge in [0, 0.05) is 6.08 Å². The molecule has 0 aliphatic carbocycles. The Morgan fingerprint density at radius 2 is 1.91 bits per heavy atom. The quantitative estimate of drug-likeness (QED) is 0.503. The zero-order chi connectivity index (χ0) is 8.32. The van der Waals surface area contributed by atoms with Crippen molar-refractivity contribution >= 4 is 9.84 Å². The zero-order valence-corrected chi connectivity index (χ0v) is 6.89. The fourth-order valence-electron chi connectivity index (χ4n) is 1.04. The van der Waals surface area contributed by atoms with Gasteiger partial charge in [0.25, 0.3) is 0 Å². The highest BCUT2D eigenvalue weighted by molar-refractivity contribution is 7.91. The number of hydrogen-bond acceptors (Lipinski definition) is 3. The fourth-order valence-corrected chi connectivity index (χ4v) is 2.39. The zero-order valence-electron chi connectivity index (χ0n) is 6.08. The van der Waals surface area contributed by atoms with Gasteiger partial charge in [-0.3, -0.25) is 0 Å². The SMILES string of the molecule is N#CC=C1CCS(=O)(=O)CC1. The normalized spacial score (nSPS) is 22.3. The van der Waals surface area contributed by atoms with E-state index in [0.717, 1.165) is 5.57 Å². The third kappa shape index (κ3) is 2.35. The molecule has 0 atom stereocenters. The molecule has 0 bridgehead atoms. The Kier molecular flexibility index (Phi) is 2.30. The first-order valence-electron chi connectivity index (χ1n) is 3.42. The van der Waals surface area contributed by atoms with Crippen molar-refractivity contribution in [1.29, 1.82) is 5.26 Å². The highest BCUT2D eigenvalue weighted by Crippen LogP contribution is 2.16. The molecule has 0 unspecified atom stereocenters. The van der Waals surface area contributed by atoms with Gasteiger partial charge in [-0.25, -0.2) is 8.42 Å². The van der Waals surface area contributed by atoms with Crippen LogP contribution in [0.5, 0.6) is 0 Å². The lowest BCUT2D eigenvalue weighted by atomic mass is 10.1. The van der Waals surface area contributed by atoms with Crippen molar-refractivity contribution in [3.05, 3.63) is 11.6 Å². The lowest BCUT2D eigenvalue weighted by molar-refractivity contribution is 0.589. The van der Waals surface area contributed by atoms with Crippen molar-refractivity contribution in [2.75, 3.05) is 11.5 Å². The summed E-state index contributed by atoms with van der Waals surface area (Å²) in [5, 5.41) is 8.27. The van der Waals surface area contributed by atoms with Gasteiger partial charge in [-0.1, -0.05) is 5.57 Å². The summed E-state index contributed by atoms with van der Waals surface area (Å²) in [6.45, 7) is 0. The maximum Gasteiger partial charge on any atom is 0.150 e. The summed E-state index contributed by atoms with van der Waals surface area (Å²) in [5.74, 6) is 0.418. The Balaban J connectivity index is 2.64. The minimum absolute atomic E-state index is 0.209. The van der Waals surface area contributed by atoms with E-state index in [1.807, 2.05) is 6.07 Å². The van der Waals surface area contributed by atoms with Crippen molar-refractivity contribution in [2.24, 2.45) is 0 Å². The van der Waals surface area contributed by atoms with Gasteiger partial charge in [0.1, 0.15) is 0 Å². The molecule has 0 saturated carbocycles. The number of sulfone groups is 1. The molecule has 0 spiro atoms. The number of nitriles is 1. The van der Waals surface area contributed by atoms with Crippen LogP contribution in [0.25, 0.3) is 0 Å². The van der Waals surface area contributed by atoms with E-state index >= 15 is 0 Å². The van der Waals surface area contributed by atoms with E-state index in [2.05, 4.69) is 0 Å². The van der Waals surface area contributed by atoms with E-state index in [-0.39, 0.29) is 11.5 Å². The molecule has 0 aromatic carbocycles. The van der Waals surface area contributed by atoms with Crippen LogP contribution in [-0.2, 0) is 9.84 Å².